The number of hydrogen-bond donors (Lipinski definition) is 1. The van der Waals surface area contributed by atoms with Crippen LogP contribution < -0.4 is 10.1 Å². The first-order valence-corrected chi connectivity index (χ1v) is 6.73. The van der Waals surface area contributed by atoms with Crippen LogP contribution in [0.5, 0.6) is 5.88 Å². The first kappa shape index (κ1) is 14.5. The highest BCUT2D eigenvalue weighted by molar-refractivity contribution is 5.17. The first-order chi connectivity index (χ1) is 9.49. The molecule has 0 aromatic carbocycles. The van der Waals surface area contributed by atoms with E-state index < -0.39 is 0 Å². The molecule has 0 aliphatic heterocycles. The fourth-order valence-corrected chi connectivity index (χ4v) is 1.81. The lowest BCUT2D eigenvalue weighted by Gasteiger charge is -2.18. The Balaban J connectivity index is 1.84. The molecule has 108 valence electrons. The highest BCUT2D eigenvalue weighted by Gasteiger charge is 2.13. The smallest absolute Gasteiger partial charge is 0.212 e. The summed E-state index contributed by atoms with van der Waals surface area (Å²) in [4.78, 5) is 4.18. The second-order valence-corrected chi connectivity index (χ2v) is 5.78. The number of rotatable bonds is 5. The van der Waals surface area contributed by atoms with Crippen molar-refractivity contribution in [2.75, 3.05) is 7.11 Å². The van der Waals surface area contributed by atoms with Crippen molar-refractivity contribution in [2.45, 2.75) is 39.4 Å². The summed E-state index contributed by atoms with van der Waals surface area (Å²) in [6.07, 6.45) is 5.81. The molecule has 5 nitrogen and oxygen atoms in total. The molecule has 0 unspecified atom stereocenters. The SMILES string of the molecule is COc1ccc(CNCc2cnn(C(C)(C)C)c2)cn1. The lowest BCUT2D eigenvalue weighted by atomic mass is 10.1. The molecule has 0 saturated carbocycles. The van der Waals surface area contributed by atoms with Crippen LogP contribution >= 0.6 is 0 Å². The van der Waals surface area contributed by atoms with E-state index in [1.165, 1.54) is 5.56 Å². The molecule has 0 fully saturated rings. The maximum absolute atomic E-state index is 5.04. The summed E-state index contributed by atoms with van der Waals surface area (Å²) < 4.78 is 7.02. The van der Waals surface area contributed by atoms with Crippen molar-refractivity contribution in [1.29, 1.82) is 0 Å². The predicted octanol–water partition coefficient (Wildman–Crippen LogP) is 2.33. The van der Waals surface area contributed by atoms with Crippen molar-refractivity contribution >= 4 is 0 Å². The number of aromatic nitrogens is 3. The minimum absolute atomic E-state index is 0.0259. The van der Waals surface area contributed by atoms with Gasteiger partial charge >= 0.3 is 0 Å². The molecule has 0 spiro atoms. The molecule has 0 aliphatic carbocycles. The van der Waals surface area contributed by atoms with Crippen molar-refractivity contribution in [3.05, 3.63) is 41.9 Å². The lowest BCUT2D eigenvalue weighted by Crippen LogP contribution is -2.22. The molecule has 2 aromatic heterocycles. The highest BCUT2D eigenvalue weighted by atomic mass is 16.5. The third-order valence-corrected chi connectivity index (χ3v) is 2.99. The summed E-state index contributed by atoms with van der Waals surface area (Å²) in [6, 6.07) is 3.88. The van der Waals surface area contributed by atoms with E-state index in [4.69, 9.17) is 4.74 Å². The molecular weight excluding hydrogens is 252 g/mol. The van der Waals surface area contributed by atoms with Crippen molar-refractivity contribution in [3.8, 4) is 5.88 Å². The second kappa shape index (κ2) is 6.05. The average Bonchev–Trinajstić information content (AvgIpc) is 2.88. The van der Waals surface area contributed by atoms with E-state index in [1.807, 2.05) is 29.2 Å². The molecule has 20 heavy (non-hydrogen) atoms. The number of ether oxygens (including phenoxy) is 1. The van der Waals surface area contributed by atoms with Gasteiger partial charge in [0.15, 0.2) is 0 Å². The third-order valence-electron chi connectivity index (χ3n) is 2.99. The van der Waals surface area contributed by atoms with Crippen molar-refractivity contribution in [1.82, 2.24) is 20.1 Å². The summed E-state index contributed by atoms with van der Waals surface area (Å²) in [5, 5.41) is 7.77. The molecule has 0 radical (unpaired) electrons. The molecule has 2 rings (SSSR count). The average molecular weight is 274 g/mol. The van der Waals surface area contributed by atoms with E-state index in [2.05, 4.69) is 42.4 Å². The van der Waals surface area contributed by atoms with E-state index in [0.29, 0.717) is 5.88 Å². The van der Waals surface area contributed by atoms with Gasteiger partial charge in [0.2, 0.25) is 5.88 Å². The van der Waals surface area contributed by atoms with Gasteiger partial charge in [-0.3, -0.25) is 4.68 Å². The Morgan fingerprint density at radius 3 is 2.45 bits per heavy atom. The molecule has 0 amide bonds. The van der Waals surface area contributed by atoms with E-state index in [0.717, 1.165) is 18.7 Å². The van der Waals surface area contributed by atoms with Gasteiger partial charge in [0.25, 0.3) is 0 Å². The van der Waals surface area contributed by atoms with Crippen molar-refractivity contribution in [3.63, 3.8) is 0 Å². The Bertz CT molecular complexity index is 540. The summed E-state index contributed by atoms with van der Waals surface area (Å²) in [7, 11) is 1.62. The fourth-order valence-electron chi connectivity index (χ4n) is 1.81. The maximum Gasteiger partial charge on any atom is 0.212 e. The molecule has 0 saturated heterocycles. The highest BCUT2D eigenvalue weighted by Crippen LogP contribution is 2.13. The van der Waals surface area contributed by atoms with Gasteiger partial charge in [0.05, 0.1) is 18.8 Å². The van der Waals surface area contributed by atoms with E-state index in [-0.39, 0.29) is 5.54 Å². The predicted molar refractivity (Wildman–Crippen MR) is 78.6 cm³/mol. The standard InChI is InChI=1S/C15H22N4O/c1-15(2,3)19-11-13(10-18-19)8-16-7-12-5-6-14(20-4)17-9-12/h5-6,9-11,16H,7-8H2,1-4H3. The second-order valence-electron chi connectivity index (χ2n) is 5.78. The molecule has 0 aliphatic rings. The van der Waals surface area contributed by atoms with Crippen molar-refractivity contribution in [2.24, 2.45) is 0 Å². The molecule has 2 aromatic rings. The summed E-state index contributed by atoms with van der Waals surface area (Å²) >= 11 is 0. The van der Waals surface area contributed by atoms with Gasteiger partial charge in [-0.25, -0.2) is 4.98 Å². The number of hydrogen-bond acceptors (Lipinski definition) is 4. The van der Waals surface area contributed by atoms with Crippen molar-refractivity contribution < 1.29 is 4.74 Å². The Kier molecular flexibility index (Phi) is 4.39. The number of pyridine rings is 1. The molecule has 1 N–H and O–H groups in total. The number of methoxy groups -OCH3 is 1. The fraction of sp³-hybridized carbons (Fsp3) is 0.467. The zero-order valence-corrected chi connectivity index (χ0v) is 12.6. The topological polar surface area (TPSA) is 52.0 Å². The van der Waals surface area contributed by atoms with Gasteiger partial charge in [-0.1, -0.05) is 6.07 Å². The Labute approximate surface area is 120 Å². The van der Waals surface area contributed by atoms with Crippen LogP contribution in [-0.4, -0.2) is 21.9 Å². The summed E-state index contributed by atoms with van der Waals surface area (Å²) in [5.74, 6) is 0.639. The Morgan fingerprint density at radius 1 is 1.15 bits per heavy atom. The Morgan fingerprint density at radius 2 is 1.90 bits per heavy atom. The lowest BCUT2D eigenvalue weighted by molar-refractivity contribution is 0.355. The maximum atomic E-state index is 5.04. The Hall–Kier alpha value is -1.88. The normalized spacial score (nSPS) is 11.6. The minimum Gasteiger partial charge on any atom is -0.481 e. The van der Waals surface area contributed by atoms with Crippen LogP contribution in [0.2, 0.25) is 0 Å². The largest absolute Gasteiger partial charge is 0.481 e. The molecule has 0 bridgehead atoms. The zero-order chi connectivity index (χ0) is 14.6. The van der Waals surface area contributed by atoms with Gasteiger partial charge in [0, 0.05) is 37.1 Å². The zero-order valence-electron chi connectivity index (χ0n) is 12.6. The van der Waals surface area contributed by atoms with Crippen LogP contribution in [0, 0.1) is 0 Å². The van der Waals surface area contributed by atoms with E-state index in [9.17, 15) is 0 Å². The van der Waals surface area contributed by atoms with Crippen LogP contribution in [0.3, 0.4) is 0 Å². The monoisotopic (exact) mass is 274 g/mol. The molecule has 5 heteroatoms. The van der Waals surface area contributed by atoms with Gasteiger partial charge in [-0.2, -0.15) is 5.10 Å². The van der Waals surface area contributed by atoms with Crippen LogP contribution in [0.4, 0.5) is 0 Å². The molecule has 0 atom stereocenters. The number of nitrogens with one attached hydrogen (secondary N) is 1. The van der Waals surface area contributed by atoms with Crippen LogP contribution in [-0.2, 0) is 18.6 Å². The first-order valence-electron chi connectivity index (χ1n) is 6.73. The van der Waals surface area contributed by atoms with Crippen LogP contribution in [0.15, 0.2) is 30.7 Å². The summed E-state index contributed by atoms with van der Waals surface area (Å²) in [6.45, 7) is 7.99. The van der Waals surface area contributed by atoms with Crippen LogP contribution in [0.1, 0.15) is 31.9 Å². The summed E-state index contributed by atoms with van der Waals surface area (Å²) in [5.41, 5.74) is 2.34. The number of nitrogens with zero attached hydrogens (tertiary/aromatic N) is 3. The quantitative estimate of drug-likeness (QED) is 0.909. The third kappa shape index (κ3) is 3.81. The van der Waals surface area contributed by atoms with Gasteiger partial charge < -0.3 is 10.1 Å². The van der Waals surface area contributed by atoms with Gasteiger partial charge in [0.1, 0.15) is 0 Å². The van der Waals surface area contributed by atoms with Gasteiger partial charge in [-0.05, 0) is 26.3 Å². The van der Waals surface area contributed by atoms with E-state index in [1.54, 1.807) is 7.11 Å². The molecule has 2 heterocycles. The van der Waals surface area contributed by atoms with Crippen LogP contribution in [0.25, 0.3) is 0 Å². The minimum atomic E-state index is 0.0259. The van der Waals surface area contributed by atoms with Gasteiger partial charge in [-0.15, -0.1) is 0 Å². The molecular formula is C15H22N4O. The van der Waals surface area contributed by atoms with E-state index >= 15 is 0 Å².